The Morgan fingerprint density at radius 3 is 2.52 bits per heavy atom. The SMILES string of the molecule is Cc1cc2c(-n3ccc4ccccc43)cccc2[cH-]1.[C-]1=CC=CC1.[Cl-].[Cl-].[Zr+4]. The largest absolute Gasteiger partial charge is 4.00 e. The third-order valence-electron chi connectivity index (χ3n) is 4.32. The van der Waals surface area contributed by atoms with E-state index in [0.29, 0.717) is 0 Å². The van der Waals surface area contributed by atoms with Crippen molar-refractivity contribution in [3.8, 4) is 5.69 Å². The molecule has 0 bridgehead atoms. The monoisotopic (exact) mass is 469 g/mol. The number of nitrogens with zero attached hydrogens (tertiary/aromatic N) is 1. The molecular formula is C23H19Cl2NZr. The summed E-state index contributed by atoms with van der Waals surface area (Å²) in [5.41, 5.74) is 3.83. The molecule has 0 N–H and O–H groups in total. The van der Waals surface area contributed by atoms with E-state index in [9.17, 15) is 0 Å². The molecule has 0 unspecified atom stereocenters. The van der Waals surface area contributed by atoms with Crippen molar-refractivity contribution in [2.75, 3.05) is 0 Å². The van der Waals surface area contributed by atoms with Gasteiger partial charge in [0.2, 0.25) is 0 Å². The second kappa shape index (κ2) is 10.8. The normalized spacial score (nSPS) is 11.3. The molecular weight excluding hydrogens is 452 g/mol. The molecule has 0 atom stereocenters. The van der Waals surface area contributed by atoms with E-state index in [1.165, 1.54) is 32.9 Å². The zero-order valence-electron chi connectivity index (χ0n) is 15.0. The molecule has 0 amide bonds. The first kappa shape index (κ1) is 23.6. The van der Waals surface area contributed by atoms with Crippen LogP contribution in [-0.4, -0.2) is 4.57 Å². The summed E-state index contributed by atoms with van der Waals surface area (Å²) in [6.07, 6.45) is 12.2. The van der Waals surface area contributed by atoms with Crippen molar-refractivity contribution in [3.05, 3.63) is 96.7 Å². The van der Waals surface area contributed by atoms with E-state index in [4.69, 9.17) is 0 Å². The van der Waals surface area contributed by atoms with Crippen molar-refractivity contribution in [1.29, 1.82) is 0 Å². The third kappa shape index (κ3) is 5.08. The average Bonchev–Trinajstić information content (AvgIpc) is 3.35. The summed E-state index contributed by atoms with van der Waals surface area (Å²) in [5, 5.41) is 3.91. The van der Waals surface area contributed by atoms with Crippen molar-refractivity contribution in [2.24, 2.45) is 0 Å². The summed E-state index contributed by atoms with van der Waals surface area (Å²) in [7, 11) is 0. The van der Waals surface area contributed by atoms with Gasteiger partial charge in [-0.25, -0.2) is 12.2 Å². The number of aryl methyl sites for hydroxylation is 1. The van der Waals surface area contributed by atoms with Gasteiger partial charge in [-0.2, -0.15) is 12.1 Å². The van der Waals surface area contributed by atoms with Crippen LogP contribution in [-0.2, 0) is 26.2 Å². The van der Waals surface area contributed by atoms with Crippen LogP contribution in [0.3, 0.4) is 0 Å². The first-order valence-corrected chi connectivity index (χ1v) is 8.27. The van der Waals surface area contributed by atoms with Gasteiger partial charge in [-0.15, -0.1) is 41.0 Å². The summed E-state index contributed by atoms with van der Waals surface area (Å²) < 4.78 is 2.27. The van der Waals surface area contributed by atoms with Crippen molar-refractivity contribution >= 4 is 21.7 Å². The van der Waals surface area contributed by atoms with Crippen molar-refractivity contribution in [1.82, 2.24) is 4.57 Å². The van der Waals surface area contributed by atoms with E-state index in [2.05, 4.69) is 90.5 Å². The second-order valence-electron chi connectivity index (χ2n) is 6.06. The summed E-state index contributed by atoms with van der Waals surface area (Å²) in [4.78, 5) is 0. The molecule has 134 valence electrons. The summed E-state index contributed by atoms with van der Waals surface area (Å²) >= 11 is 0. The number of hydrogen-bond donors (Lipinski definition) is 0. The van der Waals surface area contributed by atoms with Crippen molar-refractivity contribution in [2.45, 2.75) is 13.3 Å². The summed E-state index contributed by atoms with van der Waals surface area (Å²) in [5.74, 6) is 0. The van der Waals surface area contributed by atoms with Crippen LogP contribution in [0.5, 0.6) is 0 Å². The molecule has 1 heterocycles. The van der Waals surface area contributed by atoms with Gasteiger partial charge in [0.05, 0.1) is 5.52 Å². The topological polar surface area (TPSA) is 4.93 Å². The molecule has 4 aromatic rings. The standard InChI is InChI=1S/C18H14N.C5H5.2ClH.Zr/c1-13-11-15-6-4-8-18(16(15)12-13)19-10-9-14-5-2-3-7-17(14)19;1-2-4-5-3-1;;;/h2-12H,1H3;1-3H,4H2;2*1H;/q2*-1;;;+4/p-2. The van der Waals surface area contributed by atoms with Gasteiger partial charge in [-0.1, -0.05) is 31.2 Å². The van der Waals surface area contributed by atoms with Gasteiger partial charge in [-0.05, 0) is 17.5 Å². The van der Waals surface area contributed by atoms with Crippen molar-refractivity contribution in [3.63, 3.8) is 0 Å². The maximum absolute atomic E-state index is 2.99. The molecule has 4 heteroatoms. The molecule has 0 saturated heterocycles. The molecule has 5 rings (SSSR count). The molecule has 1 nitrogen and oxygen atoms in total. The molecule has 0 saturated carbocycles. The smallest absolute Gasteiger partial charge is 1.00 e. The van der Waals surface area contributed by atoms with Crippen molar-refractivity contribution < 1.29 is 51.0 Å². The molecule has 0 spiro atoms. The number of allylic oxidation sites excluding steroid dienone is 4. The Bertz CT molecular complexity index is 1050. The number of benzene rings is 2. The van der Waals surface area contributed by atoms with Gasteiger partial charge in [-0.3, -0.25) is 6.08 Å². The molecule has 1 aliphatic carbocycles. The Kier molecular flexibility index (Phi) is 9.39. The molecule has 0 fully saturated rings. The molecule has 0 aliphatic heterocycles. The Morgan fingerprint density at radius 1 is 1.00 bits per heavy atom. The van der Waals surface area contributed by atoms with Gasteiger partial charge in [0, 0.05) is 11.9 Å². The second-order valence-corrected chi connectivity index (χ2v) is 6.06. The average molecular weight is 472 g/mol. The van der Waals surface area contributed by atoms with Crippen LogP contribution in [0.2, 0.25) is 0 Å². The molecule has 3 aromatic carbocycles. The molecule has 1 aliphatic rings. The molecule has 0 radical (unpaired) electrons. The number of aromatic nitrogens is 1. The number of para-hydroxylation sites is 1. The van der Waals surface area contributed by atoms with E-state index < -0.39 is 0 Å². The van der Waals surface area contributed by atoms with Crippen LogP contribution in [0, 0.1) is 13.0 Å². The number of halogens is 2. The van der Waals surface area contributed by atoms with Crippen LogP contribution in [0.4, 0.5) is 0 Å². The maximum atomic E-state index is 2.99. The predicted molar refractivity (Wildman–Crippen MR) is 103 cm³/mol. The predicted octanol–water partition coefficient (Wildman–Crippen LogP) is 0.122. The van der Waals surface area contributed by atoms with Gasteiger partial charge in [0.25, 0.3) is 0 Å². The Morgan fingerprint density at radius 2 is 1.81 bits per heavy atom. The van der Waals surface area contributed by atoms with Crippen LogP contribution in [0.1, 0.15) is 12.0 Å². The van der Waals surface area contributed by atoms with Crippen LogP contribution in [0.15, 0.2) is 85.1 Å². The minimum Gasteiger partial charge on any atom is -1.00 e. The van der Waals surface area contributed by atoms with Crippen LogP contribution < -0.4 is 24.8 Å². The van der Waals surface area contributed by atoms with Gasteiger partial charge < -0.3 is 29.4 Å². The van der Waals surface area contributed by atoms with E-state index >= 15 is 0 Å². The number of hydrogen-bond acceptors (Lipinski definition) is 0. The molecule has 27 heavy (non-hydrogen) atoms. The minimum absolute atomic E-state index is 0. The fraction of sp³-hybridized carbons (Fsp3) is 0.0870. The Balaban J connectivity index is 0.000000402. The van der Waals surface area contributed by atoms with E-state index in [1.807, 2.05) is 12.2 Å². The van der Waals surface area contributed by atoms with Crippen LogP contribution in [0.25, 0.3) is 27.4 Å². The van der Waals surface area contributed by atoms with Gasteiger partial charge in [0.15, 0.2) is 0 Å². The Labute approximate surface area is 192 Å². The zero-order valence-corrected chi connectivity index (χ0v) is 19.0. The molecule has 1 aromatic heterocycles. The minimum atomic E-state index is 0. The number of fused-ring (bicyclic) bond motifs is 2. The fourth-order valence-electron chi connectivity index (χ4n) is 3.21. The zero-order chi connectivity index (χ0) is 16.4. The van der Waals surface area contributed by atoms with E-state index in [0.717, 1.165) is 6.42 Å². The third-order valence-corrected chi connectivity index (χ3v) is 4.32. The van der Waals surface area contributed by atoms with Gasteiger partial charge in [0.1, 0.15) is 0 Å². The summed E-state index contributed by atoms with van der Waals surface area (Å²) in [6, 6.07) is 21.7. The van der Waals surface area contributed by atoms with E-state index in [-0.39, 0.29) is 51.0 Å². The fourth-order valence-corrected chi connectivity index (χ4v) is 3.21. The quantitative estimate of drug-likeness (QED) is 0.348. The van der Waals surface area contributed by atoms with Gasteiger partial charge >= 0.3 is 26.2 Å². The Hall–Kier alpha value is -1.47. The van der Waals surface area contributed by atoms with Crippen LogP contribution >= 0.6 is 0 Å². The summed E-state index contributed by atoms with van der Waals surface area (Å²) in [6.45, 7) is 2.15. The first-order chi connectivity index (χ1) is 11.8. The van der Waals surface area contributed by atoms with E-state index in [1.54, 1.807) is 0 Å². The number of rotatable bonds is 1. The maximum Gasteiger partial charge on any atom is 4.00 e. The first-order valence-electron chi connectivity index (χ1n) is 8.27.